The summed E-state index contributed by atoms with van der Waals surface area (Å²) in [4.78, 5) is 0.512. The van der Waals surface area contributed by atoms with Gasteiger partial charge in [-0.3, -0.25) is 0 Å². The molecule has 0 spiro atoms. The average Bonchev–Trinajstić information content (AvgIpc) is 2.67. The Labute approximate surface area is 157 Å². The van der Waals surface area contributed by atoms with Gasteiger partial charge in [-0.2, -0.15) is 0 Å². The molecule has 3 aromatic rings. The number of sulfone groups is 1. The number of halogens is 2. The van der Waals surface area contributed by atoms with Crippen molar-refractivity contribution >= 4 is 22.0 Å². The van der Waals surface area contributed by atoms with Crippen molar-refractivity contribution in [1.29, 1.82) is 0 Å². The predicted octanol–water partition coefficient (Wildman–Crippen LogP) is 5.53. The third kappa shape index (κ3) is 4.14. The summed E-state index contributed by atoms with van der Waals surface area (Å²) in [5.41, 5.74) is 1.74. The first-order valence-corrected chi connectivity index (χ1v) is 9.96. The second-order valence-electron chi connectivity index (χ2n) is 6.03. The van der Waals surface area contributed by atoms with Crippen LogP contribution in [0, 0.1) is 11.6 Å². The van der Waals surface area contributed by atoms with E-state index in [2.05, 4.69) is 0 Å². The van der Waals surface area contributed by atoms with Crippen LogP contribution in [0.5, 0.6) is 0 Å². The number of hydrogen-bond acceptors (Lipinski definition) is 2. The van der Waals surface area contributed by atoms with Crippen molar-refractivity contribution in [3.63, 3.8) is 0 Å². The monoisotopic (exact) mass is 384 g/mol. The highest BCUT2D eigenvalue weighted by atomic mass is 32.2. The predicted molar refractivity (Wildman–Crippen MR) is 103 cm³/mol. The Morgan fingerprint density at radius 1 is 0.889 bits per heavy atom. The molecule has 0 aliphatic heterocycles. The fourth-order valence-corrected chi connectivity index (χ4v) is 4.33. The van der Waals surface area contributed by atoms with E-state index in [-0.39, 0.29) is 10.5 Å². The lowest BCUT2D eigenvalue weighted by molar-refractivity contribution is 0.581. The maximum absolute atomic E-state index is 13.7. The molecule has 0 radical (unpaired) electrons. The summed E-state index contributed by atoms with van der Waals surface area (Å²) in [7, 11) is -3.60. The minimum absolute atomic E-state index is 0.202. The van der Waals surface area contributed by atoms with E-state index in [1.54, 1.807) is 36.4 Å². The van der Waals surface area contributed by atoms with Crippen molar-refractivity contribution in [3.05, 3.63) is 95.1 Å². The first-order chi connectivity index (χ1) is 12.9. The zero-order chi connectivity index (χ0) is 19.4. The third-order valence-corrected chi connectivity index (χ3v) is 6.12. The highest BCUT2D eigenvalue weighted by molar-refractivity contribution is 7.91. The lowest BCUT2D eigenvalue weighted by Crippen LogP contribution is -2.05. The molecule has 3 aromatic carbocycles. The quantitative estimate of drug-likeness (QED) is 0.542. The van der Waals surface area contributed by atoms with Gasteiger partial charge in [0.15, 0.2) is 0 Å². The van der Waals surface area contributed by atoms with Crippen LogP contribution in [0.25, 0.3) is 12.2 Å². The molecule has 0 atom stereocenters. The lowest BCUT2D eigenvalue weighted by atomic mass is 10.1. The smallest absolute Gasteiger partial charge is 0.206 e. The van der Waals surface area contributed by atoms with Crippen molar-refractivity contribution < 1.29 is 17.2 Å². The van der Waals surface area contributed by atoms with Gasteiger partial charge in [-0.25, -0.2) is 17.2 Å². The Morgan fingerprint density at radius 3 is 2.26 bits per heavy atom. The van der Waals surface area contributed by atoms with E-state index in [1.807, 2.05) is 13.0 Å². The van der Waals surface area contributed by atoms with Gasteiger partial charge in [0.2, 0.25) is 9.84 Å². The summed E-state index contributed by atoms with van der Waals surface area (Å²) in [5.74, 6) is -1.28. The third-order valence-electron chi connectivity index (χ3n) is 4.25. The molecule has 0 aliphatic rings. The number of aryl methyl sites for hydroxylation is 1. The van der Waals surface area contributed by atoms with Crippen LogP contribution < -0.4 is 0 Å². The lowest BCUT2D eigenvalue weighted by Gasteiger charge is -2.09. The van der Waals surface area contributed by atoms with Crippen LogP contribution in [0.15, 0.2) is 76.5 Å². The van der Waals surface area contributed by atoms with E-state index in [0.29, 0.717) is 16.9 Å². The molecule has 2 nitrogen and oxygen atoms in total. The van der Waals surface area contributed by atoms with Gasteiger partial charge in [-0.1, -0.05) is 49.4 Å². The topological polar surface area (TPSA) is 34.1 Å². The summed E-state index contributed by atoms with van der Waals surface area (Å²) in [6.45, 7) is 1.91. The Balaban J connectivity index is 1.88. The molecule has 0 aromatic heterocycles. The molecule has 3 rings (SSSR count). The van der Waals surface area contributed by atoms with Gasteiger partial charge in [0, 0.05) is 11.6 Å². The Kier molecular flexibility index (Phi) is 5.51. The van der Waals surface area contributed by atoms with Crippen molar-refractivity contribution in [2.24, 2.45) is 0 Å². The van der Waals surface area contributed by atoms with Gasteiger partial charge < -0.3 is 0 Å². The van der Waals surface area contributed by atoms with Crippen molar-refractivity contribution in [3.8, 4) is 0 Å². The van der Waals surface area contributed by atoms with Gasteiger partial charge in [-0.15, -0.1) is 0 Å². The molecule has 0 aliphatic carbocycles. The molecule has 0 heterocycles. The van der Waals surface area contributed by atoms with Gasteiger partial charge in [0.05, 0.1) is 9.79 Å². The fourth-order valence-electron chi connectivity index (χ4n) is 2.77. The molecule has 0 saturated carbocycles. The Bertz CT molecular complexity index is 1090. The molecule has 27 heavy (non-hydrogen) atoms. The Morgan fingerprint density at radius 2 is 1.59 bits per heavy atom. The summed E-state index contributed by atoms with van der Waals surface area (Å²) < 4.78 is 52.4. The molecule has 0 N–H and O–H groups in total. The number of rotatable bonds is 5. The van der Waals surface area contributed by atoms with Crippen LogP contribution in [0.1, 0.15) is 23.6 Å². The molecular formula is C22H18F2O2S. The normalized spacial score (nSPS) is 11.8. The molecule has 0 unspecified atom stereocenters. The van der Waals surface area contributed by atoms with Crippen molar-refractivity contribution in [2.45, 2.75) is 23.1 Å². The maximum Gasteiger partial charge on any atom is 0.206 e. The molecular weight excluding hydrogens is 366 g/mol. The van der Waals surface area contributed by atoms with Crippen LogP contribution in [0.2, 0.25) is 0 Å². The molecule has 0 fully saturated rings. The van der Waals surface area contributed by atoms with Crippen molar-refractivity contribution in [2.75, 3.05) is 0 Å². The number of hydrogen-bond donors (Lipinski definition) is 0. The van der Waals surface area contributed by atoms with E-state index >= 15 is 0 Å². The average molecular weight is 384 g/mol. The minimum Gasteiger partial charge on any atom is -0.219 e. The molecule has 5 heteroatoms. The summed E-state index contributed by atoms with van der Waals surface area (Å²) >= 11 is 0. The number of benzene rings is 3. The Hall–Kier alpha value is -2.79. The van der Waals surface area contributed by atoms with Gasteiger partial charge >= 0.3 is 0 Å². The summed E-state index contributed by atoms with van der Waals surface area (Å²) in [6, 6.07) is 16.7. The molecule has 0 saturated heterocycles. The fraction of sp³-hybridized carbons (Fsp3) is 0.0909. The van der Waals surface area contributed by atoms with E-state index in [9.17, 15) is 17.2 Å². The van der Waals surface area contributed by atoms with Gasteiger partial charge in [0.1, 0.15) is 11.6 Å². The highest BCUT2D eigenvalue weighted by Gasteiger charge is 2.19. The largest absolute Gasteiger partial charge is 0.219 e. The molecule has 138 valence electrons. The van der Waals surface area contributed by atoms with E-state index in [4.69, 9.17) is 0 Å². The van der Waals surface area contributed by atoms with Crippen LogP contribution in [-0.2, 0) is 16.3 Å². The van der Waals surface area contributed by atoms with Crippen LogP contribution >= 0.6 is 0 Å². The highest BCUT2D eigenvalue weighted by Crippen LogP contribution is 2.25. The second-order valence-corrected chi connectivity index (χ2v) is 7.95. The summed E-state index contributed by atoms with van der Waals surface area (Å²) in [6.07, 6.45) is 3.79. The maximum atomic E-state index is 13.7. The molecule has 0 bridgehead atoms. The first-order valence-electron chi connectivity index (χ1n) is 8.48. The van der Waals surface area contributed by atoms with Crippen molar-refractivity contribution in [1.82, 2.24) is 0 Å². The van der Waals surface area contributed by atoms with Gasteiger partial charge in [0.25, 0.3) is 0 Å². The zero-order valence-electron chi connectivity index (χ0n) is 14.7. The zero-order valence-corrected chi connectivity index (χ0v) is 15.5. The summed E-state index contributed by atoms with van der Waals surface area (Å²) in [5, 5.41) is 0. The SMILES string of the molecule is CCc1ccccc1S(=O)(=O)c1ccc(/C=C/c2ccc(F)cc2F)cc1. The standard InChI is InChI=1S/C22H18F2O2S/c1-2-17-5-3-4-6-22(17)27(25,26)20-13-8-16(9-14-20)7-10-18-11-12-19(23)15-21(18)24/h3-15H,2H2,1H3/b10-7+. The van der Waals surface area contributed by atoms with Crippen LogP contribution in [0.4, 0.5) is 8.78 Å². The molecule has 0 amide bonds. The van der Waals surface area contributed by atoms with E-state index in [1.165, 1.54) is 30.3 Å². The second kappa shape index (κ2) is 7.84. The van der Waals surface area contributed by atoms with Crippen LogP contribution in [0.3, 0.4) is 0 Å². The van der Waals surface area contributed by atoms with Gasteiger partial charge in [-0.05, 0) is 47.9 Å². The van der Waals surface area contributed by atoms with E-state index in [0.717, 1.165) is 11.6 Å². The first kappa shape index (κ1) is 19.0. The van der Waals surface area contributed by atoms with E-state index < -0.39 is 21.5 Å². The minimum atomic E-state index is -3.60. The van der Waals surface area contributed by atoms with Crippen LogP contribution in [-0.4, -0.2) is 8.42 Å².